The molecule has 0 saturated carbocycles. The first-order valence-electron chi connectivity index (χ1n) is 7.55. The molecular weight excluding hydrogens is 302 g/mol. The quantitative estimate of drug-likeness (QED) is 0.559. The first-order chi connectivity index (χ1) is 11.8. The second-order valence-corrected chi connectivity index (χ2v) is 5.16. The molecular formula is C18H19N5O. The largest absolute Gasteiger partial charge is 0.495 e. The van der Waals surface area contributed by atoms with Gasteiger partial charge in [0.25, 0.3) is 0 Å². The minimum absolute atomic E-state index is 0.326. The van der Waals surface area contributed by atoms with Gasteiger partial charge in [-0.2, -0.15) is 5.10 Å². The van der Waals surface area contributed by atoms with Crippen molar-refractivity contribution in [2.45, 2.75) is 6.54 Å². The summed E-state index contributed by atoms with van der Waals surface area (Å²) in [7, 11) is 1.62. The molecule has 1 heterocycles. The Kier molecular flexibility index (Phi) is 4.76. The van der Waals surface area contributed by atoms with Crippen LogP contribution < -0.4 is 15.8 Å². The van der Waals surface area contributed by atoms with Gasteiger partial charge in [-0.3, -0.25) is 0 Å². The van der Waals surface area contributed by atoms with Gasteiger partial charge in [0.1, 0.15) is 5.75 Å². The second-order valence-electron chi connectivity index (χ2n) is 5.16. The molecule has 122 valence electrons. The normalized spacial score (nSPS) is 11.3. The molecule has 2 aromatic carbocycles. The average Bonchev–Trinajstić information content (AvgIpc) is 3.10. The van der Waals surface area contributed by atoms with E-state index in [9.17, 15) is 0 Å². The first kappa shape index (κ1) is 15.6. The Morgan fingerprint density at radius 3 is 2.71 bits per heavy atom. The number of benzene rings is 2. The first-order valence-corrected chi connectivity index (χ1v) is 7.55. The van der Waals surface area contributed by atoms with Crippen LogP contribution in [0.2, 0.25) is 0 Å². The lowest BCUT2D eigenvalue weighted by molar-refractivity contribution is 0.417. The molecule has 3 aromatic rings. The molecule has 1 aromatic heterocycles. The van der Waals surface area contributed by atoms with Crippen molar-refractivity contribution in [2.24, 2.45) is 10.7 Å². The predicted octanol–water partition coefficient (Wildman–Crippen LogP) is 2.81. The van der Waals surface area contributed by atoms with Gasteiger partial charge in [0, 0.05) is 11.8 Å². The van der Waals surface area contributed by atoms with Crippen LogP contribution in [0, 0.1) is 0 Å². The molecule has 0 bridgehead atoms. The summed E-state index contributed by atoms with van der Waals surface area (Å²) in [5.41, 5.74) is 8.71. The molecule has 3 rings (SSSR count). The molecule has 3 N–H and O–H groups in total. The maximum Gasteiger partial charge on any atom is 0.193 e. The third-order valence-electron chi connectivity index (χ3n) is 3.46. The SMILES string of the molecule is COc1ccccc1NC(N)=NCc1cnn(-c2ccccc2)c1. The van der Waals surface area contributed by atoms with Crippen LogP contribution in [0.1, 0.15) is 5.56 Å². The monoisotopic (exact) mass is 321 g/mol. The van der Waals surface area contributed by atoms with Gasteiger partial charge in [-0.1, -0.05) is 30.3 Å². The fourth-order valence-electron chi connectivity index (χ4n) is 2.27. The molecule has 0 saturated heterocycles. The molecule has 0 spiro atoms. The number of guanidine groups is 1. The van der Waals surface area contributed by atoms with Crippen LogP contribution in [0.3, 0.4) is 0 Å². The summed E-state index contributed by atoms with van der Waals surface area (Å²) in [5.74, 6) is 1.04. The van der Waals surface area contributed by atoms with Crippen molar-refractivity contribution in [3.8, 4) is 11.4 Å². The topological polar surface area (TPSA) is 77.5 Å². The number of aliphatic imine (C=N–C) groups is 1. The van der Waals surface area contributed by atoms with E-state index in [1.807, 2.05) is 65.5 Å². The number of hydrogen-bond donors (Lipinski definition) is 2. The van der Waals surface area contributed by atoms with E-state index in [1.165, 1.54) is 0 Å². The third kappa shape index (κ3) is 3.73. The lowest BCUT2D eigenvalue weighted by atomic mass is 10.3. The van der Waals surface area contributed by atoms with E-state index in [0.717, 1.165) is 16.9 Å². The van der Waals surface area contributed by atoms with Crippen LogP contribution in [0.4, 0.5) is 5.69 Å². The predicted molar refractivity (Wildman–Crippen MR) is 95.5 cm³/mol. The number of hydrogen-bond acceptors (Lipinski definition) is 3. The summed E-state index contributed by atoms with van der Waals surface area (Å²) in [6.07, 6.45) is 3.72. The van der Waals surface area contributed by atoms with Gasteiger partial charge in [-0.15, -0.1) is 0 Å². The molecule has 0 atom stereocenters. The van der Waals surface area contributed by atoms with Crippen LogP contribution >= 0.6 is 0 Å². The number of nitrogens with one attached hydrogen (secondary N) is 1. The van der Waals surface area contributed by atoms with Crippen molar-refractivity contribution >= 4 is 11.6 Å². The fraction of sp³-hybridized carbons (Fsp3) is 0.111. The molecule has 24 heavy (non-hydrogen) atoms. The maximum absolute atomic E-state index is 5.95. The summed E-state index contributed by atoms with van der Waals surface area (Å²) in [6.45, 7) is 0.445. The fourth-order valence-corrected chi connectivity index (χ4v) is 2.27. The smallest absolute Gasteiger partial charge is 0.193 e. The van der Waals surface area contributed by atoms with Gasteiger partial charge in [-0.05, 0) is 24.3 Å². The highest BCUT2D eigenvalue weighted by molar-refractivity contribution is 5.93. The van der Waals surface area contributed by atoms with Gasteiger partial charge in [0.2, 0.25) is 0 Å². The van der Waals surface area contributed by atoms with Gasteiger partial charge < -0.3 is 15.8 Å². The molecule has 0 unspecified atom stereocenters. The van der Waals surface area contributed by atoms with Crippen LogP contribution in [-0.2, 0) is 6.54 Å². The third-order valence-corrected chi connectivity index (χ3v) is 3.46. The lowest BCUT2D eigenvalue weighted by Crippen LogP contribution is -2.22. The minimum Gasteiger partial charge on any atom is -0.495 e. The Balaban J connectivity index is 1.66. The van der Waals surface area contributed by atoms with Crippen molar-refractivity contribution in [1.29, 1.82) is 0 Å². The number of anilines is 1. The molecule has 0 fully saturated rings. The number of methoxy groups -OCH3 is 1. The summed E-state index contributed by atoms with van der Waals surface area (Å²) >= 11 is 0. The minimum atomic E-state index is 0.326. The highest BCUT2D eigenvalue weighted by atomic mass is 16.5. The van der Waals surface area contributed by atoms with Gasteiger partial charge in [0.15, 0.2) is 5.96 Å². The number of para-hydroxylation sites is 3. The van der Waals surface area contributed by atoms with Crippen LogP contribution in [0.25, 0.3) is 5.69 Å². The molecule has 0 amide bonds. The van der Waals surface area contributed by atoms with Crippen molar-refractivity contribution in [3.63, 3.8) is 0 Å². The maximum atomic E-state index is 5.95. The molecule has 6 heteroatoms. The van der Waals surface area contributed by atoms with Crippen molar-refractivity contribution in [1.82, 2.24) is 9.78 Å². The summed E-state index contributed by atoms with van der Waals surface area (Å²) in [5, 5.41) is 7.39. The van der Waals surface area contributed by atoms with E-state index in [2.05, 4.69) is 15.4 Å². The molecule has 0 radical (unpaired) electrons. The molecule has 0 aliphatic rings. The van der Waals surface area contributed by atoms with Crippen LogP contribution in [-0.4, -0.2) is 22.8 Å². The number of rotatable bonds is 5. The van der Waals surface area contributed by atoms with E-state index in [0.29, 0.717) is 18.3 Å². The Bertz CT molecular complexity index is 826. The average molecular weight is 321 g/mol. The van der Waals surface area contributed by atoms with E-state index < -0.39 is 0 Å². The van der Waals surface area contributed by atoms with Gasteiger partial charge in [0.05, 0.1) is 31.2 Å². The second kappa shape index (κ2) is 7.32. The zero-order valence-electron chi connectivity index (χ0n) is 13.4. The number of nitrogens with two attached hydrogens (primary N) is 1. The Hall–Kier alpha value is -3.28. The Morgan fingerprint density at radius 2 is 1.92 bits per heavy atom. The van der Waals surface area contributed by atoms with Crippen molar-refractivity contribution in [2.75, 3.05) is 12.4 Å². The highest BCUT2D eigenvalue weighted by Gasteiger charge is 2.03. The number of aromatic nitrogens is 2. The van der Waals surface area contributed by atoms with E-state index in [4.69, 9.17) is 10.5 Å². The van der Waals surface area contributed by atoms with E-state index in [-0.39, 0.29) is 0 Å². The Labute approximate surface area is 140 Å². The van der Waals surface area contributed by atoms with Crippen LogP contribution in [0.15, 0.2) is 72.0 Å². The number of nitrogens with zero attached hydrogens (tertiary/aromatic N) is 3. The van der Waals surface area contributed by atoms with Crippen molar-refractivity contribution in [3.05, 3.63) is 72.6 Å². The lowest BCUT2D eigenvalue weighted by Gasteiger charge is -2.09. The standard InChI is InChI=1S/C18H19N5O/c1-24-17-10-6-5-9-16(17)22-18(19)20-11-14-12-21-23(13-14)15-7-3-2-4-8-15/h2-10,12-13H,11H2,1H3,(H3,19,20,22). The summed E-state index contributed by atoms with van der Waals surface area (Å²) in [4.78, 5) is 4.35. The highest BCUT2D eigenvalue weighted by Crippen LogP contribution is 2.22. The zero-order valence-corrected chi connectivity index (χ0v) is 13.4. The summed E-state index contributed by atoms with van der Waals surface area (Å²) in [6, 6.07) is 17.5. The Morgan fingerprint density at radius 1 is 1.17 bits per heavy atom. The molecule has 0 aliphatic heterocycles. The van der Waals surface area contributed by atoms with E-state index in [1.54, 1.807) is 13.3 Å². The molecule has 0 aliphatic carbocycles. The molecule has 6 nitrogen and oxygen atoms in total. The van der Waals surface area contributed by atoms with Crippen LogP contribution in [0.5, 0.6) is 5.75 Å². The van der Waals surface area contributed by atoms with E-state index >= 15 is 0 Å². The summed E-state index contributed by atoms with van der Waals surface area (Å²) < 4.78 is 7.09. The number of ether oxygens (including phenoxy) is 1. The van der Waals surface area contributed by atoms with Crippen molar-refractivity contribution < 1.29 is 4.74 Å². The zero-order chi connectivity index (χ0) is 16.8. The van der Waals surface area contributed by atoms with Gasteiger partial charge in [-0.25, -0.2) is 9.67 Å². The van der Waals surface area contributed by atoms with Gasteiger partial charge >= 0.3 is 0 Å².